The molecule has 1 aliphatic heterocycles. The summed E-state index contributed by atoms with van der Waals surface area (Å²) in [5.41, 5.74) is 4.30. The summed E-state index contributed by atoms with van der Waals surface area (Å²) in [5.74, 6) is -0.0925. The van der Waals surface area contributed by atoms with Gasteiger partial charge in [0.15, 0.2) is 23.1 Å². The first-order chi connectivity index (χ1) is 26.2. The molecular weight excluding hydrogens is 681 g/mol. The predicted molar refractivity (Wildman–Crippen MR) is 210 cm³/mol. The first kappa shape index (κ1) is 40.6. The van der Waals surface area contributed by atoms with Crippen LogP contribution in [0.3, 0.4) is 0 Å². The van der Waals surface area contributed by atoms with E-state index in [1.54, 1.807) is 62.4 Å². The van der Waals surface area contributed by atoms with E-state index in [1.165, 1.54) is 0 Å². The van der Waals surface area contributed by atoms with Gasteiger partial charge in [-0.15, -0.1) is 0 Å². The maximum Gasteiger partial charge on any atom is 0.219 e. The van der Waals surface area contributed by atoms with Crippen LogP contribution >= 0.6 is 0 Å². The second kappa shape index (κ2) is 20.2. The number of ketones is 4. The Hall–Kier alpha value is -4.54. The van der Waals surface area contributed by atoms with Crippen LogP contribution in [0, 0.1) is 0 Å². The molecule has 0 saturated carbocycles. The molecule has 54 heavy (non-hydrogen) atoms. The predicted octanol–water partition coefficient (Wildman–Crippen LogP) is 6.31. The molecule has 0 aromatic heterocycles. The maximum absolute atomic E-state index is 12.9. The van der Waals surface area contributed by atoms with Crippen molar-refractivity contribution >= 4 is 34.9 Å². The van der Waals surface area contributed by atoms with Crippen LogP contribution < -0.4 is 10.6 Å². The van der Waals surface area contributed by atoms with E-state index in [2.05, 4.69) is 20.4 Å². The second-order valence-corrected chi connectivity index (χ2v) is 14.8. The number of carbonyl (C=O) groups is 6. The number of allylic oxidation sites excluding steroid dienone is 4. The summed E-state index contributed by atoms with van der Waals surface area (Å²) < 4.78 is 0. The number of piperazine rings is 1. The standard InChI is InChI=1S/C44H56N4O6/c1-31-33(43(53)37-19-11-9-17-35(37)41(31)51)15-5-3-7-21-39(49)45-23-13-25-47-27-29-48(30-28-47)26-14-24-46-40(50)22-8-4-6-16-34-32(2)42(52)36-18-10-12-20-38(36)44(34)54/h9-12,17-20H,3-8,13-16,21-30H2,1-2H3,(H,45,49)(H,46,50). The molecule has 0 radical (unpaired) electrons. The minimum absolute atomic E-state index is 0.0454. The number of fused-ring (bicyclic) bond motifs is 2. The Morgan fingerprint density at radius 1 is 0.500 bits per heavy atom. The molecule has 5 rings (SSSR count). The van der Waals surface area contributed by atoms with Gasteiger partial charge in [-0.05, 0) is 78.3 Å². The molecule has 0 bridgehead atoms. The Bertz CT molecular complexity index is 1650. The van der Waals surface area contributed by atoms with Gasteiger partial charge < -0.3 is 20.4 Å². The van der Waals surface area contributed by atoms with Gasteiger partial charge >= 0.3 is 0 Å². The van der Waals surface area contributed by atoms with Crippen molar-refractivity contribution < 1.29 is 28.8 Å². The molecule has 10 heteroatoms. The van der Waals surface area contributed by atoms with E-state index in [0.717, 1.165) is 90.6 Å². The molecule has 10 nitrogen and oxygen atoms in total. The average Bonchev–Trinajstić information content (AvgIpc) is 3.19. The molecule has 1 saturated heterocycles. The van der Waals surface area contributed by atoms with Crippen molar-refractivity contribution in [1.82, 2.24) is 20.4 Å². The Morgan fingerprint density at radius 3 is 1.22 bits per heavy atom. The number of rotatable bonds is 20. The largest absolute Gasteiger partial charge is 0.356 e. The van der Waals surface area contributed by atoms with Crippen LogP contribution in [-0.4, -0.2) is 97.1 Å². The van der Waals surface area contributed by atoms with Crippen molar-refractivity contribution in [3.05, 3.63) is 93.1 Å². The van der Waals surface area contributed by atoms with Crippen molar-refractivity contribution in [2.24, 2.45) is 0 Å². The number of hydrogen-bond acceptors (Lipinski definition) is 8. The highest BCUT2D eigenvalue weighted by Crippen LogP contribution is 2.30. The fraction of sp³-hybridized carbons (Fsp3) is 0.500. The van der Waals surface area contributed by atoms with E-state index >= 15 is 0 Å². The monoisotopic (exact) mass is 736 g/mol. The highest BCUT2D eigenvalue weighted by atomic mass is 16.2. The normalized spacial score (nSPS) is 16.5. The summed E-state index contributed by atoms with van der Waals surface area (Å²) in [6.07, 6.45) is 8.59. The zero-order valence-corrected chi connectivity index (χ0v) is 32.1. The Kier molecular flexibility index (Phi) is 15.2. The molecular formula is C44H56N4O6. The van der Waals surface area contributed by atoms with Crippen molar-refractivity contribution in [2.45, 2.75) is 90.9 Å². The Balaban J connectivity index is 0.828. The first-order valence-electron chi connectivity index (χ1n) is 19.9. The zero-order chi connectivity index (χ0) is 38.5. The van der Waals surface area contributed by atoms with Gasteiger partial charge in [0.2, 0.25) is 11.8 Å². The molecule has 2 aromatic carbocycles. The average molecular weight is 737 g/mol. The van der Waals surface area contributed by atoms with Crippen LogP contribution in [-0.2, 0) is 9.59 Å². The molecule has 3 aliphatic rings. The quantitative estimate of drug-likeness (QED) is 0.151. The van der Waals surface area contributed by atoms with Gasteiger partial charge in [0.05, 0.1) is 0 Å². The van der Waals surface area contributed by atoms with Crippen molar-refractivity contribution in [3.63, 3.8) is 0 Å². The number of hydrogen-bond donors (Lipinski definition) is 2. The number of nitrogens with one attached hydrogen (secondary N) is 2. The third-order valence-corrected chi connectivity index (χ3v) is 11.0. The van der Waals surface area contributed by atoms with Gasteiger partial charge in [-0.2, -0.15) is 0 Å². The maximum atomic E-state index is 12.9. The van der Waals surface area contributed by atoms with Crippen molar-refractivity contribution in [3.8, 4) is 0 Å². The van der Waals surface area contributed by atoms with Crippen LogP contribution in [0.25, 0.3) is 0 Å². The third kappa shape index (κ3) is 10.8. The zero-order valence-electron chi connectivity index (χ0n) is 32.1. The smallest absolute Gasteiger partial charge is 0.219 e. The fourth-order valence-corrected chi connectivity index (χ4v) is 7.71. The van der Waals surface area contributed by atoms with E-state index in [4.69, 9.17) is 0 Å². The Morgan fingerprint density at radius 2 is 0.852 bits per heavy atom. The van der Waals surface area contributed by atoms with E-state index in [9.17, 15) is 28.8 Å². The lowest BCUT2D eigenvalue weighted by Crippen LogP contribution is -2.47. The van der Waals surface area contributed by atoms with E-state index < -0.39 is 0 Å². The lowest BCUT2D eigenvalue weighted by Gasteiger charge is -2.34. The second-order valence-electron chi connectivity index (χ2n) is 14.8. The van der Waals surface area contributed by atoms with Gasteiger partial charge in [-0.25, -0.2) is 0 Å². The number of Topliss-reactive ketones (excluding diaryl/α,β-unsaturated/α-hetero) is 4. The highest BCUT2D eigenvalue weighted by molar-refractivity contribution is 6.27. The molecule has 2 aromatic rings. The molecule has 0 spiro atoms. The van der Waals surface area contributed by atoms with Gasteiger partial charge in [0, 0.05) is 96.7 Å². The van der Waals surface area contributed by atoms with Crippen LogP contribution in [0.15, 0.2) is 70.8 Å². The molecule has 288 valence electrons. The number of unbranched alkanes of at least 4 members (excludes halogenated alkanes) is 4. The molecule has 2 aliphatic carbocycles. The van der Waals surface area contributed by atoms with Crippen LogP contribution in [0.5, 0.6) is 0 Å². The SMILES string of the molecule is CC1=C(CCCCCC(=O)NCCCN2CCN(CCCNC(=O)CCCCCC3=C(C)C(=O)c4ccccc4C3=O)CC2)C(=O)c2ccccc2C1=O. The van der Waals surface area contributed by atoms with Crippen LogP contribution in [0.2, 0.25) is 0 Å². The van der Waals surface area contributed by atoms with Gasteiger partial charge in [0.25, 0.3) is 0 Å². The van der Waals surface area contributed by atoms with E-state index in [0.29, 0.717) is 83.3 Å². The third-order valence-electron chi connectivity index (χ3n) is 11.0. The summed E-state index contributed by atoms with van der Waals surface area (Å²) in [5, 5.41) is 6.08. The lowest BCUT2D eigenvalue weighted by atomic mass is 9.83. The highest BCUT2D eigenvalue weighted by Gasteiger charge is 2.30. The van der Waals surface area contributed by atoms with Crippen LogP contribution in [0.1, 0.15) is 132 Å². The number of nitrogens with zero attached hydrogens (tertiary/aromatic N) is 2. The minimum Gasteiger partial charge on any atom is -0.356 e. The van der Waals surface area contributed by atoms with Gasteiger partial charge in [0.1, 0.15) is 0 Å². The van der Waals surface area contributed by atoms with Crippen molar-refractivity contribution in [1.29, 1.82) is 0 Å². The molecule has 0 unspecified atom stereocenters. The van der Waals surface area contributed by atoms with Crippen molar-refractivity contribution in [2.75, 3.05) is 52.4 Å². The van der Waals surface area contributed by atoms with Gasteiger partial charge in [-0.3, -0.25) is 28.8 Å². The first-order valence-corrected chi connectivity index (χ1v) is 19.9. The summed E-state index contributed by atoms with van der Waals surface area (Å²) >= 11 is 0. The van der Waals surface area contributed by atoms with E-state index in [1.807, 2.05) is 0 Å². The summed E-state index contributed by atoms with van der Waals surface area (Å²) in [6.45, 7) is 10.7. The topological polar surface area (TPSA) is 133 Å². The number of carbonyl (C=O) groups excluding carboxylic acids is 6. The molecule has 2 N–H and O–H groups in total. The van der Waals surface area contributed by atoms with Gasteiger partial charge in [-0.1, -0.05) is 61.4 Å². The summed E-state index contributed by atoms with van der Waals surface area (Å²) in [6, 6.07) is 14.0. The molecule has 1 fully saturated rings. The molecule has 2 amide bonds. The summed E-state index contributed by atoms with van der Waals surface area (Å²) in [7, 11) is 0. The summed E-state index contributed by atoms with van der Waals surface area (Å²) in [4.78, 5) is 80.7. The number of amides is 2. The molecule has 0 atom stereocenters. The minimum atomic E-state index is -0.0620. The van der Waals surface area contributed by atoms with Crippen LogP contribution in [0.4, 0.5) is 0 Å². The van der Waals surface area contributed by atoms with E-state index in [-0.39, 0.29) is 34.9 Å². The fourth-order valence-electron chi connectivity index (χ4n) is 7.71. The lowest BCUT2D eigenvalue weighted by molar-refractivity contribution is -0.122. The molecule has 1 heterocycles. The Labute approximate surface area is 319 Å². The number of benzene rings is 2.